The van der Waals surface area contributed by atoms with Gasteiger partial charge in [0.2, 0.25) is 11.8 Å². The molecule has 0 aliphatic carbocycles. The van der Waals surface area contributed by atoms with Crippen molar-refractivity contribution in [1.82, 2.24) is 44.9 Å². The van der Waals surface area contributed by atoms with Gasteiger partial charge in [-0.3, -0.25) is 14.5 Å². The molecule has 59 heavy (non-hydrogen) atoms. The van der Waals surface area contributed by atoms with Gasteiger partial charge in [0, 0.05) is 43.7 Å². The van der Waals surface area contributed by atoms with E-state index >= 15 is 0 Å². The molecule has 5 N–H and O–H groups in total. The maximum atomic E-state index is 14.1. The van der Waals surface area contributed by atoms with Gasteiger partial charge in [-0.2, -0.15) is 0 Å². The second-order valence-electron chi connectivity index (χ2n) is 15.2. The van der Waals surface area contributed by atoms with Crippen molar-refractivity contribution in [2.45, 2.75) is 63.2 Å². The number of aromatic amines is 3. The Labute approximate surface area is 340 Å². The molecule has 0 radical (unpaired) electrons. The minimum Gasteiger partial charge on any atom is -0.465 e. The number of ether oxygens (including phenoxy) is 1. The van der Waals surface area contributed by atoms with E-state index in [0.717, 1.165) is 80.7 Å². The molecule has 0 bridgehead atoms. The number of amides is 4. The van der Waals surface area contributed by atoms with Crippen LogP contribution in [0, 0.1) is 0 Å². The van der Waals surface area contributed by atoms with Gasteiger partial charge in [0.1, 0.15) is 23.7 Å². The first-order valence-electron chi connectivity index (χ1n) is 19.9. The van der Waals surface area contributed by atoms with E-state index in [-0.39, 0.29) is 23.9 Å². The molecule has 1 unspecified atom stereocenters. The van der Waals surface area contributed by atoms with E-state index in [4.69, 9.17) is 9.72 Å². The number of para-hydroxylation sites is 1. The van der Waals surface area contributed by atoms with Crippen LogP contribution in [0.1, 0.15) is 61.9 Å². The van der Waals surface area contributed by atoms with Gasteiger partial charge in [-0.1, -0.05) is 66.7 Å². The molecule has 4 amide bonds. The lowest BCUT2D eigenvalue weighted by Gasteiger charge is -2.29. The molecule has 3 aromatic heterocycles. The fourth-order valence-electron chi connectivity index (χ4n) is 8.31. The number of carboxylic acid groups (broad SMARTS) is 1. The van der Waals surface area contributed by atoms with Crippen molar-refractivity contribution in [3.63, 3.8) is 0 Å². The number of likely N-dealkylation sites (N-methyl/N-ethyl adjacent to an activating group) is 1. The molecule has 2 saturated heterocycles. The van der Waals surface area contributed by atoms with Gasteiger partial charge in [0.15, 0.2) is 0 Å². The molecule has 8 rings (SSSR count). The van der Waals surface area contributed by atoms with Gasteiger partial charge in [0.25, 0.3) is 0 Å². The van der Waals surface area contributed by atoms with Crippen molar-refractivity contribution in [2.24, 2.45) is 0 Å². The maximum absolute atomic E-state index is 14.1. The number of imidazole rings is 2. The number of likely N-dealkylation sites (tertiary alicyclic amines) is 2. The quantitative estimate of drug-likeness (QED) is 0.0934. The molecule has 6 aromatic rings. The zero-order valence-electron chi connectivity index (χ0n) is 33.1. The molecule has 2 aliphatic rings. The summed E-state index contributed by atoms with van der Waals surface area (Å²) in [6, 6.07) is 22.1. The molecule has 304 valence electrons. The number of carbonyl (C=O) groups is 4. The molecular weight excluding hydrogens is 751 g/mol. The summed E-state index contributed by atoms with van der Waals surface area (Å²) in [4.78, 5) is 75.2. The highest BCUT2D eigenvalue weighted by molar-refractivity contribution is 5.89. The Bertz CT molecular complexity index is 2470. The summed E-state index contributed by atoms with van der Waals surface area (Å²) in [5.74, 6) is 0.966. The van der Waals surface area contributed by atoms with Crippen molar-refractivity contribution in [3.8, 4) is 33.6 Å². The van der Waals surface area contributed by atoms with Crippen LogP contribution < -0.4 is 5.32 Å². The second-order valence-corrected chi connectivity index (χ2v) is 15.2. The van der Waals surface area contributed by atoms with Crippen molar-refractivity contribution < 1.29 is 29.0 Å². The van der Waals surface area contributed by atoms with Crippen LogP contribution in [-0.4, -0.2) is 108 Å². The topological polar surface area (TPSA) is 193 Å². The molecule has 15 heteroatoms. The third kappa shape index (κ3) is 7.87. The van der Waals surface area contributed by atoms with E-state index < -0.39 is 24.3 Å². The number of nitrogens with one attached hydrogen (secondary N) is 4. The van der Waals surface area contributed by atoms with Crippen molar-refractivity contribution >= 4 is 34.9 Å². The summed E-state index contributed by atoms with van der Waals surface area (Å²) in [5.41, 5.74) is 7.55. The highest BCUT2D eigenvalue weighted by Gasteiger charge is 2.38. The fraction of sp³-hybridized carbons (Fsp3) is 0.318. The second kappa shape index (κ2) is 16.5. The zero-order valence-corrected chi connectivity index (χ0v) is 33.1. The molecule has 5 heterocycles. The fourth-order valence-corrected chi connectivity index (χ4v) is 8.31. The Morgan fingerprint density at radius 1 is 0.814 bits per heavy atom. The average Bonchev–Trinajstić information content (AvgIpc) is 4.12. The van der Waals surface area contributed by atoms with E-state index in [2.05, 4.69) is 49.5 Å². The van der Waals surface area contributed by atoms with Crippen LogP contribution in [0.3, 0.4) is 0 Å². The number of rotatable bonds is 11. The summed E-state index contributed by atoms with van der Waals surface area (Å²) in [6.07, 6.45) is 7.08. The highest BCUT2D eigenvalue weighted by atomic mass is 16.5. The highest BCUT2D eigenvalue weighted by Crippen LogP contribution is 2.35. The predicted octanol–water partition coefficient (Wildman–Crippen LogP) is 6.91. The lowest BCUT2D eigenvalue weighted by Crippen LogP contribution is -2.49. The lowest BCUT2D eigenvalue weighted by molar-refractivity contribution is -0.136. The van der Waals surface area contributed by atoms with Crippen molar-refractivity contribution in [1.29, 1.82) is 0 Å². The summed E-state index contributed by atoms with van der Waals surface area (Å²) in [6.45, 7) is 2.71. The minimum absolute atomic E-state index is 0.186. The van der Waals surface area contributed by atoms with Gasteiger partial charge in [-0.15, -0.1) is 0 Å². The Morgan fingerprint density at radius 3 is 1.88 bits per heavy atom. The van der Waals surface area contributed by atoms with Crippen LogP contribution in [-0.2, 0) is 20.7 Å². The van der Waals surface area contributed by atoms with Crippen LogP contribution in [0.4, 0.5) is 9.59 Å². The molecular formula is C44H47N9O6. The molecule has 2 aliphatic heterocycles. The average molecular weight is 798 g/mol. The van der Waals surface area contributed by atoms with Crippen LogP contribution in [0.15, 0.2) is 91.4 Å². The third-order valence-corrected chi connectivity index (χ3v) is 11.7. The van der Waals surface area contributed by atoms with E-state index in [1.54, 1.807) is 24.2 Å². The smallest absolute Gasteiger partial charge is 0.407 e. The molecule has 3 aromatic carbocycles. The number of aromatic nitrogens is 5. The van der Waals surface area contributed by atoms with E-state index in [1.807, 2.05) is 59.6 Å². The van der Waals surface area contributed by atoms with E-state index in [9.17, 15) is 24.3 Å². The van der Waals surface area contributed by atoms with Gasteiger partial charge < -0.3 is 39.9 Å². The van der Waals surface area contributed by atoms with Crippen LogP contribution >= 0.6 is 0 Å². The number of methoxy groups -OCH3 is 1. The zero-order chi connectivity index (χ0) is 41.2. The van der Waals surface area contributed by atoms with Crippen LogP contribution in [0.2, 0.25) is 0 Å². The SMILES string of the molecule is COC(=O)N[C@@H](Cc1c[nH]c2ccccc12)C(=O)N1CCCC1c1ncc(-c2ccc(-c3ccc(-c4cnc([C@@H]5CCCN5C(=O)[C@H](C)N(C)C(=O)O)[nH]4)cc3)cc2)[nH]1. The predicted molar refractivity (Wildman–Crippen MR) is 221 cm³/mol. The molecule has 15 nitrogen and oxygen atoms in total. The van der Waals surface area contributed by atoms with Gasteiger partial charge >= 0.3 is 12.2 Å². The number of carbonyl (C=O) groups excluding carboxylic acids is 3. The monoisotopic (exact) mass is 797 g/mol. The Kier molecular flexibility index (Phi) is 10.9. The normalized spacial score (nSPS) is 17.5. The first kappa shape index (κ1) is 38.9. The first-order valence-corrected chi connectivity index (χ1v) is 19.9. The standard InChI is InChI=1S/C44H47N9O6/c1-26(51(2)44(57)58)41(54)52-20-6-10-37(52)39-46-24-35(48-39)29-16-12-27(13-17-29)28-14-18-30(19-15-28)36-25-47-40(49-36)38-11-7-21-53(38)42(55)34(50-43(56)59-3)22-31-23-45-33-9-5-4-8-32(31)33/h4-5,8-9,12-19,23-26,34,37-38,45H,6-7,10-11,20-22H2,1-3H3,(H,46,48)(H,47,49)(H,50,56)(H,57,58)/t26-,34-,37-,38?/m0/s1. The number of alkyl carbamates (subject to hydrolysis) is 1. The number of hydrogen-bond donors (Lipinski definition) is 5. The van der Waals surface area contributed by atoms with Crippen molar-refractivity contribution in [3.05, 3.63) is 109 Å². The number of nitrogens with zero attached hydrogens (tertiary/aromatic N) is 5. The number of benzene rings is 3. The third-order valence-electron chi connectivity index (χ3n) is 11.7. The number of H-pyrrole nitrogens is 3. The minimum atomic E-state index is -1.14. The largest absolute Gasteiger partial charge is 0.465 e. The van der Waals surface area contributed by atoms with Crippen molar-refractivity contribution in [2.75, 3.05) is 27.2 Å². The Hall–Kier alpha value is -6.90. The molecule has 4 atom stereocenters. The summed E-state index contributed by atoms with van der Waals surface area (Å²) < 4.78 is 4.89. The van der Waals surface area contributed by atoms with E-state index in [1.165, 1.54) is 14.2 Å². The maximum Gasteiger partial charge on any atom is 0.407 e. The summed E-state index contributed by atoms with van der Waals surface area (Å²) in [5, 5.41) is 13.1. The molecule has 0 saturated carbocycles. The van der Waals surface area contributed by atoms with E-state index in [0.29, 0.717) is 31.2 Å². The number of fused-ring (bicyclic) bond motifs is 1. The van der Waals surface area contributed by atoms with Gasteiger partial charge in [-0.05, 0) is 66.5 Å². The van der Waals surface area contributed by atoms with Crippen LogP contribution in [0.5, 0.6) is 0 Å². The van der Waals surface area contributed by atoms with Gasteiger partial charge in [0.05, 0.1) is 43.0 Å². The summed E-state index contributed by atoms with van der Waals surface area (Å²) in [7, 11) is 2.70. The first-order chi connectivity index (χ1) is 28.6. The van der Waals surface area contributed by atoms with Gasteiger partial charge in [-0.25, -0.2) is 19.6 Å². The molecule has 2 fully saturated rings. The Balaban J connectivity index is 0.925. The number of hydrogen-bond acceptors (Lipinski definition) is 7. The lowest BCUT2D eigenvalue weighted by atomic mass is 10.0. The van der Waals surface area contributed by atoms with Crippen LogP contribution in [0.25, 0.3) is 44.5 Å². The molecule has 0 spiro atoms. The Morgan fingerprint density at radius 2 is 1.34 bits per heavy atom. The summed E-state index contributed by atoms with van der Waals surface area (Å²) >= 11 is 0.